The summed E-state index contributed by atoms with van der Waals surface area (Å²) in [6.45, 7) is 3.10. The molecule has 3 heteroatoms. The van der Waals surface area contributed by atoms with Gasteiger partial charge in [0.2, 0.25) is 0 Å². The molecule has 0 aromatic carbocycles. The zero-order chi connectivity index (χ0) is 7.82. The summed E-state index contributed by atoms with van der Waals surface area (Å²) in [6.07, 6.45) is 4.63. The number of rotatable bonds is 6. The van der Waals surface area contributed by atoms with Gasteiger partial charge in [-0.05, 0) is 12.7 Å². The van der Waals surface area contributed by atoms with E-state index in [-0.39, 0.29) is 0 Å². The first kappa shape index (κ1) is 10.7. The summed E-state index contributed by atoms with van der Waals surface area (Å²) in [5.41, 5.74) is 0. The van der Waals surface area contributed by atoms with Crippen molar-refractivity contribution in [2.24, 2.45) is 0 Å². The van der Waals surface area contributed by atoms with Gasteiger partial charge in [-0.1, -0.05) is 34.9 Å². The number of ether oxygens (including phenoxy) is 1. The third-order valence-corrected chi connectivity index (χ3v) is 3.43. The maximum atomic E-state index is 5.07. The van der Waals surface area contributed by atoms with Crippen LogP contribution in [0.15, 0.2) is 0 Å². The van der Waals surface area contributed by atoms with Gasteiger partial charge in [0, 0.05) is 12.4 Å². The molecule has 0 aliphatic rings. The molecule has 1 unspecified atom stereocenters. The highest BCUT2D eigenvalue weighted by Gasteiger charge is 2.05. The minimum absolute atomic E-state index is 0.685. The second kappa shape index (κ2) is 7.76. The Bertz CT molecular complexity index is 54.4. The first-order valence-corrected chi connectivity index (χ1v) is 6.15. The number of methoxy groups -OCH3 is 1. The molecule has 0 aliphatic heterocycles. The van der Waals surface area contributed by atoms with E-state index in [0.717, 1.165) is 6.61 Å². The molecule has 0 radical (unpaired) electrons. The average Bonchev–Trinajstić information content (AvgIpc) is 1.90. The molecular formula is C7H16OS2. The number of hydrogen-bond acceptors (Lipinski definition) is 3. The summed E-state index contributed by atoms with van der Waals surface area (Å²) in [5.74, 6) is 0. The van der Waals surface area contributed by atoms with Crippen LogP contribution < -0.4 is 0 Å². The summed E-state index contributed by atoms with van der Waals surface area (Å²) in [6, 6.07) is 0. The zero-order valence-electron chi connectivity index (χ0n) is 6.92. The first-order chi connectivity index (χ1) is 4.85. The molecule has 0 saturated carbocycles. The molecule has 0 aliphatic carbocycles. The Balaban J connectivity index is 3.30. The van der Waals surface area contributed by atoms with Crippen LogP contribution in [0.2, 0.25) is 0 Å². The van der Waals surface area contributed by atoms with Gasteiger partial charge in [-0.2, -0.15) is 0 Å². The zero-order valence-corrected chi connectivity index (χ0v) is 8.56. The molecule has 0 fully saturated rings. The Morgan fingerprint density at radius 3 is 2.60 bits per heavy atom. The van der Waals surface area contributed by atoms with Crippen molar-refractivity contribution >= 4 is 21.6 Å². The molecule has 0 rings (SSSR count). The van der Waals surface area contributed by atoms with Crippen LogP contribution >= 0.6 is 21.6 Å². The molecule has 0 N–H and O–H groups in total. The first-order valence-electron chi connectivity index (χ1n) is 3.53. The highest BCUT2D eigenvalue weighted by molar-refractivity contribution is 8.76. The third-order valence-electron chi connectivity index (χ3n) is 1.20. The van der Waals surface area contributed by atoms with Gasteiger partial charge in [-0.25, -0.2) is 0 Å². The monoisotopic (exact) mass is 180 g/mol. The van der Waals surface area contributed by atoms with Crippen LogP contribution in [0.3, 0.4) is 0 Å². The molecule has 1 atom stereocenters. The van der Waals surface area contributed by atoms with Crippen molar-refractivity contribution in [1.29, 1.82) is 0 Å². The molecule has 0 saturated heterocycles. The summed E-state index contributed by atoms with van der Waals surface area (Å²) in [7, 11) is 5.51. The predicted molar refractivity (Wildman–Crippen MR) is 51.7 cm³/mol. The van der Waals surface area contributed by atoms with Gasteiger partial charge in [-0.15, -0.1) is 0 Å². The predicted octanol–water partition coefficient (Wildman–Crippen LogP) is 2.81. The van der Waals surface area contributed by atoms with Gasteiger partial charge in [0.05, 0.1) is 6.61 Å². The molecule has 0 spiro atoms. The second-order valence-electron chi connectivity index (χ2n) is 2.13. The average molecular weight is 180 g/mol. The lowest BCUT2D eigenvalue weighted by Crippen LogP contribution is -2.08. The summed E-state index contributed by atoms with van der Waals surface area (Å²) in [5, 5.41) is 0.685. The van der Waals surface area contributed by atoms with Crippen molar-refractivity contribution in [3.05, 3.63) is 0 Å². The van der Waals surface area contributed by atoms with Crippen LogP contribution in [0.4, 0.5) is 0 Å². The van der Waals surface area contributed by atoms with Crippen molar-refractivity contribution in [1.82, 2.24) is 0 Å². The van der Waals surface area contributed by atoms with Gasteiger partial charge in [-0.3, -0.25) is 0 Å². The van der Waals surface area contributed by atoms with Crippen molar-refractivity contribution < 1.29 is 4.74 Å². The molecular weight excluding hydrogens is 164 g/mol. The van der Waals surface area contributed by atoms with Crippen LogP contribution in [-0.2, 0) is 4.74 Å². The standard InChI is InChI=1S/C7H16OS2/c1-4-5-7(6-8-2)10-9-3/h7H,4-6H2,1-3H3. The SMILES string of the molecule is CCCC(COC)SSC. The van der Waals surface area contributed by atoms with E-state index in [1.165, 1.54) is 12.8 Å². The molecule has 62 valence electrons. The fraction of sp³-hybridized carbons (Fsp3) is 1.00. The van der Waals surface area contributed by atoms with E-state index in [4.69, 9.17) is 4.74 Å². The van der Waals surface area contributed by atoms with Gasteiger partial charge in [0.1, 0.15) is 0 Å². The topological polar surface area (TPSA) is 9.23 Å². The fourth-order valence-corrected chi connectivity index (χ4v) is 2.87. The number of hydrogen-bond donors (Lipinski definition) is 0. The normalized spacial score (nSPS) is 13.5. The Morgan fingerprint density at radius 1 is 1.50 bits per heavy atom. The van der Waals surface area contributed by atoms with Crippen LogP contribution in [0.5, 0.6) is 0 Å². The lowest BCUT2D eigenvalue weighted by Gasteiger charge is -2.11. The minimum Gasteiger partial charge on any atom is -0.384 e. The fourth-order valence-electron chi connectivity index (χ4n) is 0.803. The third kappa shape index (κ3) is 5.45. The molecule has 10 heavy (non-hydrogen) atoms. The lowest BCUT2D eigenvalue weighted by atomic mass is 10.2. The van der Waals surface area contributed by atoms with Gasteiger partial charge >= 0.3 is 0 Å². The maximum absolute atomic E-state index is 5.07. The van der Waals surface area contributed by atoms with Crippen molar-refractivity contribution in [3.8, 4) is 0 Å². The highest BCUT2D eigenvalue weighted by Crippen LogP contribution is 2.26. The lowest BCUT2D eigenvalue weighted by molar-refractivity contribution is 0.197. The van der Waals surface area contributed by atoms with Gasteiger partial charge in [0.15, 0.2) is 0 Å². The smallest absolute Gasteiger partial charge is 0.0589 e. The Labute approximate surface area is 71.7 Å². The Hall–Kier alpha value is 0.660. The highest BCUT2D eigenvalue weighted by atomic mass is 33.1. The maximum Gasteiger partial charge on any atom is 0.0589 e. The molecule has 0 bridgehead atoms. The van der Waals surface area contributed by atoms with Crippen LogP contribution in [0.25, 0.3) is 0 Å². The Kier molecular flexibility index (Phi) is 8.28. The van der Waals surface area contributed by atoms with Gasteiger partial charge in [0.25, 0.3) is 0 Å². The second-order valence-corrected chi connectivity index (χ2v) is 4.90. The van der Waals surface area contributed by atoms with E-state index in [0.29, 0.717) is 5.25 Å². The van der Waals surface area contributed by atoms with Crippen LogP contribution in [0.1, 0.15) is 19.8 Å². The van der Waals surface area contributed by atoms with E-state index in [2.05, 4.69) is 13.2 Å². The van der Waals surface area contributed by atoms with Crippen molar-refractivity contribution in [2.45, 2.75) is 25.0 Å². The summed E-state index contributed by atoms with van der Waals surface area (Å²) < 4.78 is 5.07. The van der Waals surface area contributed by atoms with E-state index in [1.54, 1.807) is 7.11 Å². The van der Waals surface area contributed by atoms with Crippen molar-refractivity contribution in [2.75, 3.05) is 20.0 Å². The molecule has 0 amide bonds. The van der Waals surface area contributed by atoms with Crippen LogP contribution in [-0.4, -0.2) is 25.2 Å². The molecule has 0 heterocycles. The van der Waals surface area contributed by atoms with E-state index in [9.17, 15) is 0 Å². The molecule has 0 aromatic rings. The Morgan fingerprint density at radius 2 is 2.20 bits per heavy atom. The summed E-state index contributed by atoms with van der Waals surface area (Å²) >= 11 is 0. The quantitative estimate of drug-likeness (QED) is 0.582. The minimum atomic E-state index is 0.685. The molecule has 0 aromatic heterocycles. The largest absolute Gasteiger partial charge is 0.384 e. The van der Waals surface area contributed by atoms with Crippen LogP contribution in [0, 0.1) is 0 Å². The van der Waals surface area contributed by atoms with Crippen molar-refractivity contribution in [3.63, 3.8) is 0 Å². The van der Waals surface area contributed by atoms with E-state index < -0.39 is 0 Å². The van der Waals surface area contributed by atoms with E-state index >= 15 is 0 Å². The van der Waals surface area contributed by atoms with E-state index in [1.807, 2.05) is 21.6 Å². The summed E-state index contributed by atoms with van der Waals surface area (Å²) in [4.78, 5) is 0. The molecule has 1 nitrogen and oxygen atoms in total. The van der Waals surface area contributed by atoms with Gasteiger partial charge < -0.3 is 4.74 Å².